The molecular formula is C19H17ClFN5O. The molecule has 27 heavy (non-hydrogen) atoms. The zero-order valence-corrected chi connectivity index (χ0v) is 15.6. The molecule has 0 saturated carbocycles. The Labute approximate surface area is 161 Å². The number of benzene rings is 1. The number of azo groups is 1. The molecule has 3 rings (SSSR count). The average molecular weight is 386 g/mol. The van der Waals surface area contributed by atoms with Gasteiger partial charge in [0.2, 0.25) is 5.82 Å². The van der Waals surface area contributed by atoms with Crippen LogP contribution in [0.5, 0.6) is 6.01 Å². The third-order valence-electron chi connectivity index (χ3n) is 3.75. The molecule has 0 aliphatic carbocycles. The first-order valence-electron chi connectivity index (χ1n) is 8.24. The van der Waals surface area contributed by atoms with E-state index in [1.54, 1.807) is 18.3 Å². The van der Waals surface area contributed by atoms with Gasteiger partial charge in [-0.25, -0.2) is 14.4 Å². The minimum Gasteiger partial charge on any atom is -0.459 e. The first-order chi connectivity index (χ1) is 13.0. The van der Waals surface area contributed by atoms with Crippen molar-refractivity contribution in [3.63, 3.8) is 0 Å². The fourth-order valence-corrected chi connectivity index (χ4v) is 2.27. The van der Waals surface area contributed by atoms with Crippen LogP contribution in [0.3, 0.4) is 0 Å². The van der Waals surface area contributed by atoms with Crippen molar-refractivity contribution in [3.8, 4) is 6.01 Å². The fraction of sp³-hybridized carbons (Fsp3) is 0.211. The Morgan fingerprint density at radius 1 is 1.11 bits per heavy atom. The molecule has 8 heteroatoms. The average Bonchev–Trinajstić information content (AvgIpc) is 2.68. The Balaban J connectivity index is 1.69. The van der Waals surface area contributed by atoms with E-state index in [0.29, 0.717) is 5.15 Å². The lowest BCUT2D eigenvalue weighted by Crippen LogP contribution is -2.00. The Morgan fingerprint density at radius 3 is 2.59 bits per heavy atom. The first-order valence-corrected chi connectivity index (χ1v) is 8.62. The van der Waals surface area contributed by atoms with E-state index in [2.05, 4.69) is 25.2 Å². The van der Waals surface area contributed by atoms with Gasteiger partial charge in [-0.3, -0.25) is 0 Å². The van der Waals surface area contributed by atoms with E-state index in [0.717, 1.165) is 22.9 Å². The topological polar surface area (TPSA) is 72.6 Å². The van der Waals surface area contributed by atoms with Crippen LogP contribution in [0.15, 0.2) is 59.0 Å². The van der Waals surface area contributed by atoms with E-state index < -0.39 is 5.82 Å². The molecule has 0 aliphatic heterocycles. The number of nitrogens with zero attached hydrogens (tertiary/aromatic N) is 5. The third kappa shape index (κ3) is 5.27. The summed E-state index contributed by atoms with van der Waals surface area (Å²) in [6, 6.07) is 11.0. The molecule has 0 radical (unpaired) electrons. The molecule has 1 atom stereocenters. The summed E-state index contributed by atoms with van der Waals surface area (Å²) in [4.78, 5) is 11.8. The minimum atomic E-state index is -0.678. The largest absolute Gasteiger partial charge is 0.459 e. The summed E-state index contributed by atoms with van der Waals surface area (Å²) in [5.41, 5.74) is 2.92. The smallest absolute Gasteiger partial charge is 0.318 e. The van der Waals surface area contributed by atoms with Crippen LogP contribution in [0.2, 0.25) is 5.15 Å². The zero-order chi connectivity index (χ0) is 19.2. The second-order valence-electron chi connectivity index (χ2n) is 5.90. The molecule has 0 aliphatic rings. The number of aromatic nitrogens is 3. The van der Waals surface area contributed by atoms with Gasteiger partial charge in [-0.15, -0.1) is 5.11 Å². The second kappa shape index (κ2) is 8.64. The standard InChI is InChI=1S/C19H17ClFN5O/c1-12-3-5-14(6-4-12)11-27-19-23-10-16(21)18(24-19)26-25-13(2)15-7-8-17(20)22-9-15/h3-10,13H,11H2,1-2H3. The van der Waals surface area contributed by atoms with Gasteiger partial charge < -0.3 is 4.74 Å². The molecule has 6 nitrogen and oxygen atoms in total. The molecule has 1 aromatic carbocycles. The van der Waals surface area contributed by atoms with Crippen molar-refractivity contribution < 1.29 is 9.13 Å². The van der Waals surface area contributed by atoms with Crippen LogP contribution >= 0.6 is 11.6 Å². The lowest BCUT2D eigenvalue weighted by atomic mass is 10.2. The van der Waals surface area contributed by atoms with E-state index in [-0.39, 0.29) is 24.5 Å². The van der Waals surface area contributed by atoms with Gasteiger partial charge in [0.25, 0.3) is 0 Å². The molecule has 2 aromatic heterocycles. The number of hydrogen-bond acceptors (Lipinski definition) is 6. The van der Waals surface area contributed by atoms with Crippen LogP contribution in [0.1, 0.15) is 29.7 Å². The number of hydrogen-bond donors (Lipinski definition) is 0. The van der Waals surface area contributed by atoms with Gasteiger partial charge in [-0.2, -0.15) is 10.1 Å². The summed E-state index contributed by atoms with van der Waals surface area (Å²) in [6.45, 7) is 4.09. The Kier molecular flexibility index (Phi) is 6.03. The lowest BCUT2D eigenvalue weighted by molar-refractivity contribution is 0.279. The normalized spacial score (nSPS) is 12.3. The van der Waals surface area contributed by atoms with E-state index in [9.17, 15) is 4.39 Å². The van der Waals surface area contributed by atoms with Crippen LogP contribution in [0.4, 0.5) is 10.2 Å². The van der Waals surface area contributed by atoms with Crippen LogP contribution < -0.4 is 4.74 Å². The number of halogens is 2. The van der Waals surface area contributed by atoms with Crippen molar-refractivity contribution in [2.24, 2.45) is 10.2 Å². The molecule has 0 fully saturated rings. The van der Waals surface area contributed by atoms with Gasteiger partial charge in [0, 0.05) is 6.20 Å². The molecule has 0 bridgehead atoms. The Hall–Kier alpha value is -2.93. The molecule has 0 amide bonds. The van der Waals surface area contributed by atoms with Gasteiger partial charge in [0.05, 0.1) is 12.2 Å². The Morgan fingerprint density at radius 2 is 1.89 bits per heavy atom. The van der Waals surface area contributed by atoms with E-state index in [1.807, 2.05) is 38.1 Å². The molecule has 2 heterocycles. The predicted octanol–water partition coefficient (Wildman–Crippen LogP) is 5.40. The first kappa shape index (κ1) is 18.8. The van der Waals surface area contributed by atoms with Gasteiger partial charge in [0.15, 0.2) is 5.82 Å². The SMILES string of the molecule is Cc1ccc(COc2ncc(F)c(N=NC(C)c3ccc(Cl)nc3)n2)cc1. The maximum Gasteiger partial charge on any atom is 0.318 e. The van der Waals surface area contributed by atoms with Crippen molar-refractivity contribution in [2.45, 2.75) is 26.5 Å². The molecule has 0 saturated heterocycles. The number of rotatable bonds is 6. The molecule has 3 aromatic rings. The maximum absolute atomic E-state index is 13.9. The monoisotopic (exact) mass is 385 g/mol. The second-order valence-corrected chi connectivity index (χ2v) is 6.29. The summed E-state index contributed by atoms with van der Waals surface area (Å²) in [7, 11) is 0. The van der Waals surface area contributed by atoms with Crippen molar-refractivity contribution in [3.05, 3.63) is 76.5 Å². The summed E-state index contributed by atoms with van der Waals surface area (Å²) in [5.74, 6) is -0.861. The highest BCUT2D eigenvalue weighted by Gasteiger charge is 2.09. The highest BCUT2D eigenvalue weighted by Crippen LogP contribution is 2.22. The van der Waals surface area contributed by atoms with Crippen LogP contribution in [-0.4, -0.2) is 15.0 Å². The summed E-state index contributed by atoms with van der Waals surface area (Å²) < 4.78 is 19.4. The van der Waals surface area contributed by atoms with Gasteiger partial charge in [-0.1, -0.05) is 47.5 Å². The van der Waals surface area contributed by atoms with Gasteiger partial charge in [0.1, 0.15) is 11.8 Å². The number of pyridine rings is 1. The fourth-order valence-electron chi connectivity index (χ4n) is 2.16. The van der Waals surface area contributed by atoms with Crippen LogP contribution in [-0.2, 0) is 6.61 Å². The van der Waals surface area contributed by atoms with Crippen molar-refractivity contribution >= 4 is 17.4 Å². The van der Waals surface area contributed by atoms with Crippen molar-refractivity contribution in [1.29, 1.82) is 0 Å². The summed E-state index contributed by atoms with van der Waals surface area (Å²) in [6.07, 6.45) is 2.61. The van der Waals surface area contributed by atoms with Crippen molar-refractivity contribution in [2.75, 3.05) is 0 Å². The maximum atomic E-state index is 13.9. The molecule has 0 N–H and O–H groups in total. The van der Waals surface area contributed by atoms with Crippen molar-refractivity contribution in [1.82, 2.24) is 15.0 Å². The van der Waals surface area contributed by atoms with Gasteiger partial charge >= 0.3 is 6.01 Å². The third-order valence-corrected chi connectivity index (χ3v) is 3.97. The van der Waals surface area contributed by atoms with E-state index >= 15 is 0 Å². The number of ether oxygens (including phenoxy) is 1. The Bertz CT molecular complexity index is 932. The highest BCUT2D eigenvalue weighted by atomic mass is 35.5. The minimum absolute atomic E-state index is 0.0340. The van der Waals surface area contributed by atoms with Crippen LogP contribution in [0, 0.1) is 12.7 Å². The van der Waals surface area contributed by atoms with E-state index in [1.165, 1.54) is 0 Å². The molecular weight excluding hydrogens is 369 g/mol. The van der Waals surface area contributed by atoms with Gasteiger partial charge in [-0.05, 0) is 31.0 Å². The molecule has 138 valence electrons. The highest BCUT2D eigenvalue weighted by molar-refractivity contribution is 6.29. The molecule has 0 spiro atoms. The number of aryl methyl sites for hydroxylation is 1. The quantitative estimate of drug-likeness (QED) is 0.421. The predicted molar refractivity (Wildman–Crippen MR) is 99.7 cm³/mol. The zero-order valence-electron chi connectivity index (χ0n) is 14.8. The summed E-state index contributed by atoms with van der Waals surface area (Å²) >= 11 is 5.76. The molecule has 1 unspecified atom stereocenters. The lowest BCUT2D eigenvalue weighted by Gasteiger charge is -2.06. The van der Waals surface area contributed by atoms with Crippen LogP contribution in [0.25, 0.3) is 0 Å². The summed E-state index contributed by atoms with van der Waals surface area (Å²) in [5, 5.41) is 8.36. The van der Waals surface area contributed by atoms with E-state index in [4.69, 9.17) is 16.3 Å².